The van der Waals surface area contributed by atoms with Gasteiger partial charge in [-0.05, 0) is 23.3 Å². The van der Waals surface area contributed by atoms with Gasteiger partial charge >= 0.3 is 0 Å². The van der Waals surface area contributed by atoms with E-state index in [1.165, 1.54) is 7.11 Å². The van der Waals surface area contributed by atoms with Crippen molar-refractivity contribution in [1.29, 1.82) is 0 Å². The largest absolute Gasteiger partial charge is 0.495 e. The monoisotopic (exact) mass is 439 g/mol. The summed E-state index contributed by atoms with van der Waals surface area (Å²) in [5.41, 5.74) is 4.73. The van der Waals surface area contributed by atoms with Crippen LogP contribution >= 0.6 is 0 Å². The molecule has 0 spiro atoms. The zero-order chi connectivity index (χ0) is 22.9. The number of rotatable bonds is 6. The molecule has 0 aliphatic carbocycles. The summed E-state index contributed by atoms with van der Waals surface area (Å²) >= 11 is 0. The summed E-state index contributed by atoms with van der Waals surface area (Å²) in [6, 6.07) is 24.6. The van der Waals surface area contributed by atoms with E-state index in [1.54, 1.807) is 24.3 Å². The minimum absolute atomic E-state index is 0.0634. The molecule has 0 aromatic heterocycles. The van der Waals surface area contributed by atoms with Gasteiger partial charge in [0.1, 0.15) is 23.4 Å². The summed E-state index contributed by atoms with van der Waals surface area (Å²) in [6.07, 6.45) is 0. The molecule has 7 heteroatoms. The molecule has 5 rings (SSSR count). The maximum atomic E-state index is 13.8. The number of para-hydroxylation sites is 2. The van der Waals surface area contributed by atoms with Gasteiger partial charge in [0.25, 0.3) is 5.91 Å². The Kier molecular flexibility index (Phi) is 5.22. The van der Waals surface area contributed by atoms with Crippen LogP contribution in [0.3, 0.4) is 0 Å². The Labute approximate surface area is 190 Å². The van der Waals surface area contributed by atoms with Gasteiger partial charge in [-0.1, -0.05) is 72.8 Å². The van der Waals surface area contributed by atoms with E-state index in [1.807, 2.05) is 60.7 Å². The molecule has 7 nitrogen and oxygen atoms in total. The van der Waals surface area contributed by atoms with Crippen LogP contribution in [0.15, 0.2) is 90.0 Å². The van der Waals surface area contributed by atoms with Gasteiger partial charge in [0, 0.05) is 0 Å². The van der Waals surface area contributed by atoms with Crippen molar-refractivity contribution in [2.75, 3.05) is 12.0 Å². The highest BCUT2D eigenvalue weighted by molar-refractivity contribution is 6.50. The number of hydrogen-bond donors (Lipinski definition) is 1. The number of anilines is 1. The molecule has 2 atom stereocenters. The minimum atomic E-state index is -0.996. The average Bonchev–Trinajstić information content (AvgIpc) is 3.40. The molecule has 2 amide bonds. The van der Waals surface area contributed by atoms with Crippen LogP contribution in [0, 0.1) is 5.92 Å². The number of nitrogens with one attached hydrogen (secondary N) is 1. The minimum Gasteiger partial charge on any atom is -0.495 e. The third kappa shape index (κ3) is 3.38. The molecule has 0 saturated carbocycles. The van der Waals surface area contributed by atoms with Crippen LogP contribution in [-0.4, -0.2) is 36.5 Å². The number of hydrazone groups is 1. The molecule has 1 N–H and O–H groups in total. The zero-order valence-electron chi connectivity index (χ0n) is 17.8. The second-order valence-electron chi connectivity index (χ2n) is 7.88. The lowest BCUT2D eigenvalue weighted by atomic mass is 9.82. The van der Waals surface area contributed by atoms with E-state index >= 15 is 0 Å². The highest BCUT2D eigenvalue weighted by Crippen LogP contribution is 2.37. The Balaban J connectivity index is 1.52. The average molecular weight is 439 g/mol. The Bertz CT molecular complexity index is 1220. The molecular weight excluding hydrogens is 418 g/mol. The molecule has 2 aliphatic heterocycles. The number of methoxy groups -OCH3 is 1. The first-order chi connectivity index (χ1) is 16.1. The summed E-state index contributed by atoms with van der Waals surface area (Å²) in [6.45, 7) is 0. The van der Waals surface area contributed by atoms with E-state index in [0.29, 0.717) is 11.4 Å². The maximum absolute atomic E-state index is 13.8. The number of amides is 2. The van der Waals surface area contributed by atoms with E-state index < -0.39 is 29.7 Å². The van der Waals surface area contributed by atoms with Gasteiger partial charge in [0.15, 0.2) is 5.78 Å². The van der Waals surface area contributed by atoms with Crippen LogP contribution in [0.2, 0.25) is 0 Å². The van der Waals surface area contributed by atoms with Crippen LogP contribution in [0.25, 0.3) is 0 Å². The van der Waals surface area contributed by atoms with E-state index in [4.69, 9.17) is 4.74 Å². The Morgan fingerprint density at radius 3 is 2.06 bits per heavy atom. The number of imide groups is 1. The molecular formula is C26H21N3O4. The van der Waals surface area contributed by atoms with Crippen molar-refractivity contribution in [2.24, 2.45) is 11.0 Å². The Morgan fingerprint density at radius 1 is 0.879 bits per heavy atom. The number of nitrogens with zero attached hydrogens (tertiary/aromatic N) is 2. The van der Waals surface area contributed by atoms with E-state index in [0.717, 1.165) is 16.0 Å². The molecule has 3 aromatic carbocycles. The number of Topliss-reactive ketones (excluding diaryl/α,β-unsaturated/α-hetero) is 1. The molecule has 2 aliphatic rings. The Morgan fingerprint density at radius 2 is 1.45 bits per heavy atom. The first kappa shape index (κ1) is 20.6. The standard InChI is InChI=1S/C26H21N3O4/c1-33-19-15-9-8-14-18(19)29-25(31)21-22(27-28-23(21)26(29)32)24(30)20(16-10-4-2-5-11-16)17-12-6-3-7-13-17/h2-15,20-21,23,28H,1H3/t21-,23-/m1/s1. The number of benzene rings is 3. The second kappa shape index (κ2) is 8.35. The molecule has 0 unspecified atom stereocenters. The van der Waals surface area contributed by atoms with Crippen molar-refractivity contribution in [3.63, 3.8) is 0 Å². The smallest absolute Gasteiger partial charge is 0.259 e. The van der Waals surface area contributed by atoms with Gasteiger partial charge in [0.2, 0.25) is 5.91 Å². The zero-order valence-corrected chi connectivity index (χ0v) is 17.8. The summed E-state index contributed by atoms with van der Waals surface area (Å²) in [5, 5.41) is 4.18. The number of hydrogen-bond acceptors (Lipinski definition) is 6. The number of ketones is 1. The lowest BCUT2D eigenvalue weighted by Gasteiger charge is -2.20. The van der Waals surface area contributed by atoms with Gasteiger partial charge in [-0.3, -0.25) is 19.8 Å². The molecule has 0 bridgehead atoms. The molecule has 164 valence electrons. The van der Waals surface area contributed by atoms with Crippen molar-refractivity contribution in [1.82, 2.24) is 5.43 Å². The van der Waals surface area contributed by atoms with Crippen molar-refractivity contribution in [3.05, 3.63) is 96.1 Å². The first-order valence-electron chi connectivity index (χ1n) is 10.6. The number of carbonyl (C=O) groups is 3. The summed E-state index contributed by atoms with van der Waals surface area (Å²) in [4.78, 5) is 41.5. The molecule has 1 fully saturated rings. The van der Waals surface area contributed by atoms with E-state index in [9.17, 15) is 14.4 Å². The van der Waals surface area contributed by atoms with Gasteiger partial charge in [-0.15, -0.1) is 0 Å². The van der Waals surface area contributed by atoms with E-state index in [2.05, 4.69) is 10.5 Å². The van der Waals surface area contributed by atoms with Gasteiger partial charge in [-0.25, -0.2) is 4.90 Å². The van der Waals surface area contributed by atoms with Crippen LogP contribution in [0.4, 0.5) is 5.69 Å². The lowest BCUT2D eigenvalue weighted by Crippen LogP contribution is -2.36. The SMILES string of the molecule is COc1ccccc1N1C(=O)[C@@H]2C(C(=O)C(c3ccccc3)c3ccccc3)=NN[C@H]2C1=O. The number of carbonyl (C=O) groups excluding carboxylic acids is 3. The van der Waals surface area contributed by atoms with Crippen molar-refractivity contribution >= 4 is 29.0 Å². The second-order valence-corrected chi connectivity index (χ2v) is 7.88. The quantitative estimate of drug-likeness (QED) is 0.597. The highest BCUT2D eigenvalue weighted by Gasteiger charge is 2.56. The fourth-order valence-corrected chi connectivity index (χ4v) is 4.48. The summed E-state index contributed by atoms with van der Waals surface area (Å²) in [7, 11) is 1.48. The normalized spacial score (nSPS) is 19.3. The first-order valence-corrected chi connectivity index (χ1v) is 10.6. The van der Waals surface area contributed by atoms with E-state index in [-0.39, 0.29) is 11.5 Å². The van der Waals surface area contributed by atoms with Crippen LogP contribution in [-0.2, 0) is 14.4 Å². The molecule has 33 heavy (non-hydrogen) atoms. The predicted molar refractivity (Wildman–Crippen MR) is 123 cm³/mol. The van der Waals surface area contributed by atoms with Crippen LogP contribution in [0.5, 0.6) is 5.75 Å². The maximum Gasteiger partial charge on any atom is 0.259 e. The predicted octanol–water partition coefficient (Wildman–Crippen LogP) is 2.91. The Hall–Kier alpha value is -4.26. The third-order valence-electron chi connectivity index (χ3n) is 6.03. The van der Waals surface area contributed by atoms with Crippen molar-refractivity contribution < 1.29 is 19.1 Å². The number of ether oxygens (including phenoxy) is 1. The van der Waals surface area contributed by atoms with Crippen molar-refractivity contribution in [3.8, 4) is 5.75 Å². The lowest BCUT2D eigenvalue weighted by molar-refractivity contribution is -0.122. The topological polar surface area (TPSA) is 88.1 Å². The van der Waals surface area contributed by atoms with Gasteiger partial charge in [-0.2, -0.15) is 5.10 Å². The molecule has 2 heterocycles. The van der Waals surface area contributed by atoms with Crippen LogP contribution in [0.1, 0.15) is 17.0 Å². The molecule has 3 aromatic rings. The summed E-state index contributed by atoms with van der Waals surface area (Å²) < 4.78 is 5.34. The molecule has 0 radical (unpaired) electrons. The fraction of sp³-hybridized carbons (Fsp3) is 0.154. The highest BCUT2D eigenvalue weighted by atomic mass is 16.5. The van der Waals surface area contributed by atoms with Crippen LogP contribution < -0.4 is 15.1 Å². The molecule has 1 saturated heterocycles. The number of fused-ring (bicyclic) bond motifs is 1. The van der Waals surface area contributed by atoms with Gasteiger partial charge < -0.3 is 4.74 Å². The summed E-state index contributed by atoms with van der Waals surface area (Å²) in [5.74, 6) is -2.51. The fourth-order valence-electron chi connectivity index (χ4n) is 4.48. The third-order valence-corrected chi connectivity index (χ3v) is 6.03. The van der Waals surface area contributed by atoms with Gasteiger partial charge in [0.05, 0.1) is 18.7 Å². The van der Waals surface area contributed by atoms with Crippen molar-refractivity contribution in [2.45, 2.75) is 12.0 Å².